The lowest BCUT2D eigenvalue weighted by atomic mass is 9.92. The minimum Gasteiger partial charge on any atom is -0.328 e. The minimum absolute atomic E-state index is 0.0195. The first-order chi connectivity index (χ1) is 10.6. The van der Waals surface area contributed by atoms with Crippen LogP contribution in [0.4, 0.5) is 0 Å². The van der Waals surface area contributed by atoms with Gasteiger partial charge in [-0.15, -0.1) is 0 Å². The quantitative estimate of drug-likeness (QED) is 0.227. The monoisotopic (exact) mass is 331 g/mol. The average molecular weight is 332 g/mol. The smallest absolute Gasteiger partial charge is 0.00683 e. The van der Waals surface area contributed by atoms with Crippen LogP contribution in [0.1, 0.15) is 58.8 Å². The first-order valence-corrected chi connectivity index (χ1v) is 8.93. The third-order valence-corrected chi connectivity index (χ3v) is 4.23. The molecule has 140 valence electrons. The van der Waals surface area contributed by atoms with Gasteiger partial charge in [-0.3, -0.25) is 0 Å². The van der Waals surface area contributed by atoms with Crippen molar-refractivity contribution in [2.24, 2.45) is 40.1 Å². The van der Waals surface area contributed by atoms with E-state index in [2.05, 4.69) is 6.92 Å². The summed E-state index contributed by atoms with van der Waals surface area (Å²) in [6.07, 6.45) is 5.39. The van der Waals surface area contributed by atoms with Gasteiger partial charge in [-0.05, 0) is 51.9 Å². The molecule has 7 unspecified atom stereocenters. The molecule has 0 aromatic rings. The fourth-order valence-corrected chi connectivity index (χ4v) is 3.07. The Morgan fingerprint density at radius 3 is 1.00 bits per heavy atom. The predicted octanol–water partition coefficient (Wildman–Crippen LogP) is -0.952. The molecule has 0 aliphatic heterocycles. The molecule has 0 fully saturated rings. The molecule has 0 rings (SSSR count). The number of rotatable bonds is 13. The fraction of sp³-hybridized carbons (Fsp3) is 1.00. The van der Waals surface area contributed by atoms with Gasteiger partial charge in [0.2, 0.25) is 0 Å². The molecule has 0 saturated heterocycles. The van der Waals surface area contributed by atoms with Crippen LogP contribution in [0.25, 0.3) is 0 Å². The van der Waals surface area contributed by atoms with Crippen molar-refractivity contribution in [1.29, 1.82) is 0 Å². The van der Waals surface area contributed by atoms with E-state index in [1.54, 1.807) is 0 Å². The molecular formula is C16H41N7. The van der Waals surface area contributed by atoms with Gasteiger partial charge in [-0.25, -0.2) is 0 Å². The largest absolute Gasteiger partial charge is 0.328 e. The summed E-state index contributed by atoms with van der Waals surface area (Å²) in [4.78, 5) is 0. The normalized spacial score (nSPS) is 21.3. The molecule has 23 heavy (non-hydrogen) atoms. The maximum atomic E-state index is 6.16. The second-order valence-electron chi connectivity index (χ2n) is 7.36. The second-order valence-corrected chi connectivity index (χ2v) is 7.36. The molecule has 0 saturated carbocycles. The van der Waals surface area contributed by atoms with Crippen molar-refractivity contribution in [3.63, 3.8) is 0 Å². The van der Waals surface area contributed by atoms with Gasteiger partial charge in [-0.1, -0.05) is 6.92 Å². The zero-order chi connectivity index (χ0) is 18.0. The van der Waals surface area contributed by atoms with E-state index in [0.29, 0.717) is 12.8 Å². The van der Waals surface area contributed by atoms with Crippen molar-refractivity contribution in [2.45, 2.75) is 101 Å². The van der Waals surface area contributed by atoms with Crippen molar-refractivity contribution < 1.29 is 0 Å². The van der Waals surface area contributed by atoms with Gasteiger partial charge in [0.05, 0.1) is 0 Å². The first-order valence-electron chi connectivity index (χ1n) is 8.93. The summed E-state index contributed by atoms with van der Waals surface area (Å²) in [7, 11) is 0. The van der Waals surface area contributed by atoms with Crippen LogP contribution in [0, 0.1) is 0 Å². The van der Waals surface area contributed by atoms with Crippen LogP contribution in [0.5, 0.6) is 0 Å². The molecule has 0 aromatic carbocycles. The molecule has 0 bridgehead atoms. The van der Waals surface area contributed by atoms with E-state index in [-0.39, 0.29) is 42.3 Å². The molecule has 7 heteroatoms. The molecule has 0 radical (unpaired) electrons. The van der Waals surface area contributed by atoms with Crippen LogP contribution < -0.4 is 40.1 Å². The zero-order valence-corrected chi connectivity index (χ0v) is 15.0. The van der Waals surface area contributed by atoms with Gasteiger partial charge in [0, 0.05) is 42.3 Å². The molecule has 14 N–H and O–H groups in total. The van der Waals surface area contributed by atoms with Crippen LogP contribution in [0.15, 0.2) is 0 Å². The molecular weight excluding hydrogens is 290 g/mol. The van der Waals surface area contributed by atoms with E-state index in [1.165, 1.54) is 0 Å². The molecule has 7 atom stereocenters. The van der Waals surface area contributed by atoms with Crippen LogP contribution in [-0.2, 0) is 0 Å². The van der Waals surface area contributed by atoms with Crippen molar-refractivity contribution in [3.8, 4) is 0 Å². The Labute approximate surface area is 142 Å². The lowest BCUT2D eigenvalue weighted by Crippen LogP contribution is -2.42. The molecule has 7 nitrogen and oxygen atoms in total. The van der Waals surface area contributed by atoms with Crippen LogP contribution in [0.3, 0.4) is 0 Å². The third-order valence-electron chi connectivity index (χ3n) is 4.23. The van der Waals surface area contributed by atoms with E-state index in [1.807, 2.05) is 6.92 Å². The molecule has 0 heterocycles. The third kappa shape index (κ3) is 12.8. The lowest BCUT2D eigenvalue weighted by Gasteiger charge is -2.25. The van der Waals surface area contributed by atoms with Gasteiger partial charge in [0.25, 0.3) is 0 Å². The van der Waals surface area contributed by atoms with Gasteiger partial charge >= 0.3 is 0 Å². The molecule has 0 aliphatic rings. The highest BCUT2D eigenvalue weighted by Crippen LogP contribution is 2.11. The highest BCUT2D eigenvalue weighted by atomic mass is 14.8. The van der Waals surface area contributed by atoms with Crippen molar-refractivity contribution in [1.82, 2.24) is 0 Å². The highest BCUT2D eigenvalue weighted by Gasteiger charge is 2.18. The number of hydrogen-bond acceptors (Lipinski definition) is 7. The van der Waals surface area contributed by atoms with Gasteiger partial charge < -0.3 is 40.1 Å². The molecule has 0 aromatic heterocycles. The second kappa shape index (κ2) is 12.1. The maximum Gasteiger partial charge on any atom is 0.00683 e. The van der Waals surface area contributed by atoms with Gasteiger partial charge in [0.1, 0.15) is 0 Å². The molecule has 0 aliphatic carbocycles. The van der Waals surface area contributed by atoms with E-state index in [9.17, 15) is 0 Å². The molecule has 0 amide bonds. The summed E-state index contributed by atoms with van der Waals surface area (Å²) >= 11 is 0. The summed E-state index contributed by atoms with van der Waals surface area (Å²) in [6.45, 7) is 4.01. The Balaban J connectivity index is 4.00. The van der Waals surface area contributed by atoms with Crippen molar-refractivity contribution >= 4 is 0 Å². The van der Waals surface area contributed by atoms with E-state index in [0.717, 1.165) is 32.1 Å². The van der Waals surface area contributed by atoms with E-state index in [4.69, 9.17) is 40.1 Å². The van der Waals surface area contributed by atoms with Crippen molar-refractivity contribution in [3.05, 3.63) is 0 Å². The lowest BCUT2D eigenvalue weighted by molar-refractivity contribution is 0.382. The molecule has 0 spiro atoms. The number of nitrogens with two attached hydrogens (primary N) is 7. The summed E-state index contributed by atoms with van der Waals surface area (Å²) in [5.41, 5.74) is 42.2. The number of hydrogen-bond donors (Lipinski definition) is 7. The summed E-state index contributed by atoms with van der Waals surface area (Å²) < 4.78 is 0. The Hall–Kier alpha value is -0.280. The van der Waals surface area contributed by atoms with Crippen LogP contribution in [0.2, 0.25) is 0 Å². The van der Waals surface area contributed by atoms with E-state index < -0.39 is 0 Å². The highest BCUT2D eigenvalue weighted by molar-refractivity contribution is 4.82. The summed E-state index contributed by atoms with van der Waals surface area (Å²) in [5.74, 6) is 0. The van der Waals surface area contributed by atoms with E-state index >= 15 is 0 Å². The average Bonchev–Trinajstić information content (AvgIpc) is 2.35. The summed E-state index contributed by atoms with van der Waals surface area (Å²) in [5, 5.41) is 0. The zero-order valence-electron chi connectivity index (χ0n) is 15.0. The maximum absolute atomic E-state index is 6.16. The van der Waals surface area contributed by atoms with Crippen LogP contribution in [-0.4, -0.2) is 42.3 Å². The van der Waals surface area contributed by atoms with Gasteiger partial charge in [0.15, 0.2) is 0 Å². The van der Waals surface area contributed by atoms with Crippen LogP contribution >= 0.6 is 0 Å². The Kier molecular flexibility index (Phi) is 12.0. The minimum atomic E-state index is -0.0328. The Bertz CT molecular complexity index is 288. The predicted molar refractivity (Wildman–Crippen MR) is 99.5 cm³/mol. The van der Waals surface area contributed by atoms with Crippen molar-refractivity contribution in [2.75, 3.05) is 0 Å². The van der Waals surface area contributed by atoms with Gasteiger partial charge in [-0.2, -0.15) is 0 Å². The Morgan fingerprint density at radius 2 is 0.739 bits per heavy atom. The fourth-order valence-electron chi connectivity index (χ4n) is 3.07. The first kappa shape index (κ1) is 22.7. The SMILES string of the molecule is CCC(N)CC(N)CC(N)CC(N)CC(N)CC(N)CC(C)N. The Morgan fingerprint density at radius 1 is 0.478 bits per heavy atom. The standard InChI is InChI=1S/C16H41N7/c1-3-11(18)5-13(20)7-15(22)9-16(23)8-14(21)6-12(19)4-10(2)17/h10-16H,3-9,17-23H2,1-2H3. The summed E-state index contributed by atoms with van der Waals surface area (Å²) in [6, 6.07) is 0.216. The topological polar surface area (TPSA) is 182 Å².